The standard InChI is InChI=1S/C8H5BrN2O3S/c9-6-5(4-2-1-3-14-4)10-7(15-6)11-8(12)13/h1-3H,(H,10,11)(H,12,13). The molecule has 0 aliphatic heterocycles. The van der Waals surface area contributed by atoms with Crippen LogP contribution in [-0.4, -0.2) is 16.2 Å². The maximum atomic E-state index is 10.4. The van der Waals surface area contributed by atoms with E-state index in [9.17, 15) is 4.79 Å². The van der Waals surface area contributed by atoms with Crippen LogP contribution in [0.4, 0.5) is 9.93 Å². The summed E-state index contributed by atoms with van der Waals surface area (Å²) in [7, 11) is 0. The van der Waals surface area contributed by atoms with Gasteiger partial charge < -0.3 is 9.52 Å². The summed E-state index contributed by atoms with van der Waals surface area (Å²) >= 11 is 4.49. The fourth-order valence-corrected chi connectivity index (χ4v) is 2.44. The van der Waals surface area contributed by atoms with Gasteiger partial charge in [0.15, 0.2) is 10.9 Å². The van der Waals surface area contributed by atoms with Gasteiger partial charge >= 0.3 is 6.09 Å². The minimum atomic E-state index is -1.14. The summed E-state index contributed by atoms with van der Waals surface area (Å²) in [6, 6.07) is 3.50. The van der Waals surface area contributed by atoms with Crippen LogP contribution in [0.2, 0.25) is 0 Å². The number of thiazole rings is 1. The molecule has 5 nitrogen and oxygen atoms in total. The van der Waals surface area contributed by atoms with E-state index in [1.165, 1.54) is 17.6 Å². The molecule has 2 aromatic rings. The van der Waals surface area contributed by atoms with Crippen molar-refractivity contribution in [2.75, 3.05) is 5.32 Å². The van der Waals surface area contributed by atoms with Gasteiger partial charge in [-0.15, -0.1) is 0 Å². The van der Waals surface area contributed by atoms with Crippen LogP contribution < -0.4 is 5.32 Å². The SMILES string of the molecule is O=C(O)Nc1nc(-c2ccco2)c(Br)s1. The molecule has 0 unspecified atom stereocenters. The molecule has 1 amide bonds. The van der Waals surface area contributed by atoms with Gasteiger partial charge in [-0.05, 0) is 28.1 Å². The van der Waals surface area contributed by atoms with Gasteiger partial charge in [0.2, 0.25) is 0 Å². The highest BCUT2D eigenvalue weighted by Crippen LogP contribution is 2.35. The molecule has 0 atom stereocenters. The van der Waals surface area contributed by atoms with Gasteiger partial charge in [-0.1, -0.05) is 11.3 Å². The first-order chi connectivity index (χ1) is 7.16. The summed E-state index contributed by atoms with van der Waals surface area (Å²) in [5.41, 5.74) is 0.591. The number of hydrogen-bond acceptors (Lipinski definition) is 4. The van der Waals surface area contributed by atoms with Crippen molar-refractivity contribution < 1.29 is 14.3 Å². The third kappa shape index (κ3) is 2.18. The molecule has 2 aromatic heterocycles. The quantitative estimate of drug-likeness (QED) is 0.889. The fraction of sp³-hybridized carbons (Fsp3) is 0. The van der Waals surface area contributed by atoms with E-state index < -0.39 is 6.09 Å². The van der Waals surface area contributed by atoms with Gasteiger partial charge in [-0.3, -0.25) is 5.32 Å². The zero-order valence-corrected chi connectivity index (χ0v) is 9.63. The van der Waals surface area contributed by atoms with Crippen LogP contribution in [0.5, 0.6) is 0 Å². The number of carbonyl (C=O) groups is 1. The molecular weight excluding hydrogens is 284 g/mol. The Bertz CT molecular complexity index is 480. The number of nitrogens with zero attached hydrogens (tertiary/aromatic N) is 1. The molecular formula is C8H5BrN2O3S. The predicted molar refractivity (Wildman–Crippen MR) is 59.2 cm³/mol. The molecule has 0 spiro atoms. The second kappa shape index (κ2) is 4.03. The largest absolute Gasteiger partial charge is 0.465 e. The molecule has 0 aromatic carbocycles. The first-order valence-corrected chi connectivity index (χ1v) is 5.48. The zero-order chi connectivity index (χ0) is 10.8. The van der Waals surface area contributed by atoms with Gasteiger partial charge in [0.05, 0.1) is 6.26 Å². The number of carboxylic acid groups (broad SMARTS) is 1. The first-order valence-electron chi connectivity index (χ1n) is 3.87. The third-order valence-electron chi connectivity index (χ3n) is 1.55. The van der Waals surface area contributed by atoms with Crippen molar-refractivity contribution in [3.63, 3.8) is 0 Å². The second-order valence-corrected chi connectivity index (χ2v) is 4.87. The number of furan rings is 1. The molecule has 78 valence electrons. The van der Waals surface area contributed by atoms with Gasteiger partial charge in [0, 0.05) is 0 Å². The Morgan fingerprint density at radius 2 is 2.47 bits per heavy atom. The Labute approximate surface area is 96.9 Å². The number of anilines is 1. The normalized spacial score (nSPS) is 10.2. The molecule has 0 aliphatic carbocycles. The Balaban J connectivity index is 2.34. The summed E-state index contributed by atoms with van der Waals surface area (Å²) in [4.78, 5) is 14.5. The number of amides is 1. The summed E-state index contributed by atoms with van der Waals surface area (Å²) in [6.07, 6.45) is 0.396. The Morgan fingerprint density at radius 1 is 1.67 bits per heavy atom. The minimum Gasteiger partial charge on any atom is -0.465 e. The molecule has 2 N–H and O–H groups in total. The van der Waals surface area contributed by atoms with Crippen molar-refractivity contribution in [1.82, 2.24) is 4.98 Å². The van der Waals surface area contributed by atoms with Crippen LogP contribution in [0, 0.1) is 0 Å². The highest BCUT2D eigenvalue weighted by atomic mass is 79.9. The summed E-state index contributed by atoms with van der Waals surface area (Å²) in [5, 5.41) is 11.0. The number of halogens is 1. The van der Waals surface area contributed by atoms with Gasteiger partial charge in [0.25, 0.3) is 0 Å². The molecule has 0 fully saturated rings. The Hall–Kier alpha value is -1.34. The molecule has 7 heteroatoms. The van der Waals surface area contributed by atoms with Crippen molar-refractivity contribution in [2.45, 2.75) is 0 Å². The van der Waals surface area contributed by atoms with Crippen LogP contribution in [-0.2, 0) is 0 Å². The Kier molecular flexibility index (Phi) is 2.74. The molecule has 2 rings (SSSR count). The highest BCUT2D eigenvalue weighted by Gasteiger charge is 2.14. The van der Waals surface area contributed by atoms with E-state index in [-0.39, 0.29) is 0 Å². The van der Waals surface area contributed by atoms with E-state index in [0.29, 0.717) is 16.6 Å². The van der Waals surface area contributed by atoms with Crippen molar-refractivity contribution in [1.29, 1.82) is 0 Å². The van der Waals surface area contributed by atoms with Crippen LogP contribution in [0.3, 0.4) is 0 Å². The number of nitrogens with one attached hydrogen (secondary N) is 1. The molecule has 0 aliphatic rings. The number of rotatable bonds is 2. The highest BCUT2D eigenvalue weighted by molar-refractivity contribution is 9.11. The smallest absolute Gasteiger partial charge is 0.410 e. The van der Waals surface area contributed by atoms with Crippen LogP contribution >= 0.6 is 27.3 Å². The third-order valence-corrected chi connectivity index (χ3v) is 3.17. The van der Waals surface area contributed by atoms with E-state index in [1.807, 2.05) is 0 Å². The lowest BCUT2D eigenvalue weighted by atomic mass is 10.4. The molecule has 0 bridgehead atoms. The van der Waals surface area contributed by atoms with E-state index >= 15 is 0 Å². The molecule has 0 radical (unpaired) electrons. The van der Waals surface area contributed by atoms with Gasteiger partial charge in [0.1, 0.15) is 9.48 Å². The zero-order valence-electron chi connectivity index (χ0n) is 7.23. The van der Waals surface area contributed by atoms with Gasteiger partial charge in [-0.25, -0.2) is 9.78 Å². The number of hydrogen-bond donors (Lipinski definition) is 2. The van der Waals surface area contributed by atoms with E-state index in [1.54, 1.807) is 12.1 Å². The van der Waals surface area contributed by atoms with E-state index in [4.69, 9.17) is 9.52 Å². The van der Waals surface area contributed by atoms with Crippen LogP contribution in [0.1, 0.15) is 0 Å². The molecule has 2 heterocycles. The van der Waals surface area contributed by atoms with Crippen molar-refractivity contribution >= 4 is 38.5 Å². The second-order valence-electron chi connectivity index (χ2n) is 2.55. The molecule has 0 saturated carbocycles. The van der Waals surface area contributed by atoms with Crippen LogP contribution in [0.15, 0.2) is 26.6 Å². The maximum Gasteiger partial charge on any atom is 0.410 e. The predicted octanol–water partition coefficient (Wildman–Crippen LogP) is 3.26. The van der Waals surface area contributed by atoms with Crippen molar-refractivity contribution in [3.05, 3.63) is 22.2 Å². The summed E-state index contributed by atoms with van der Waals surface area (Å²) < 4.78 is 5.88. The monoisotopic (exact) mass is 288 g/mol. The lowest BCUT2D eigenvalue weighted by molar-refractivity contribution is 0.209. The van der Waals surface area contributed by atoms with Gasteiger partial charge in [-0.2, -0.15) is 0 Å². The first kappa shape index (κ1) is 10.2. The summed E-state index contributed by atoms with van der Waals surface area (Å²) in [5.74, 6) is 0.594. The average molecular weight is 289 g/mol. The van der Waals surface area contributed by atoms with Crippen LogP contribution in [0.25, 0.3) is 11.5 Å². The molecule has 0 saturated heterocycles. The molecule has 15 heavy (non-hydrogen) atoms. The fourth-order valence-electron chi connectivity index (χ4n) is 1.01. The maximum absolute atomic E-state index is 10.4. The number of aromatic nitrogens is 1. The van der Waals surface area contributed by atoms with E-state index in [2.05, 4.69) is 26.2 Å². The minimum absolute atomic E-state index is 0.306. The summed E-state index contributed by atoms with van der Waals surface area (Å²) in [6.45, 7) is 0. The van der Waals surface area contributed by atoms with Crippen molar-refractivity contribution in [2.24, 2.45) is 0 Å². The lowest BCUT2D eigenvalue weighted by Crippen LogP contribution is -2.06. The average Bonchev–Trinajstić information content (AvgIpc) is 2.72. The Morgan fingerprint density at radius 3 is 3.07 bits per heavy atom. The van der Waals surface area contributed by atoms with E-state index in [0.717, 1.165) is 3.79 Å². The lowest BCUT2D eigenvalue weighted by Gasteiger charge is -1.91. The van der Waals surface area contributed by atoms with Crippen molar-refractivity contribution in [3.8, 4) is 11.5 Å². The topological polar surface area (TPSA) is 75.4 Å².